The van der Waals surface area contributed by atoms with Crippen LogP contribution in [0.2, 0.25) is 0 Å². The summed E-state index contributed by atoms with van der Waals surface area (Å²) in [5, 5.41) is 8.79. The molecule has 2 nitrogen and oxygen atoms in total. The Hall–Kier alpha value is -0.370. The number of Topliss-reactive ketones (excluding diaryl/α,β-unsaturated/α-hetero) is 1. The van der Waals surface area contributed by atoms with Crippen molar-refractivity contribution in [2.75, 3.05) is 6.61 Å². The predicted octanol–water partition coefficient (Wildman–Crippen LogP) is 0.738. The Morgan fingerprint density at radius 1 is 1.78 bits per heavy atom. The molecule has 0 bridgehead atoms. The van der Waals surface area contributed by atoms with Crippen LogP contribution >= 0.6 is 0 Å². The lowest BCUT2D eigenvalue weighted by Gasteiger charge is -2.37. The molecule has 1 atom stereocenters. The summed E-state index contributed by atoms with van der Waals surface area (Å²) in [5.41, 5.74) is -0.319. The van der Waals surface area contributed by atoms with Gasteiger partial charge in [-0.1, -0.05) is 6.92 Å². The van der Waals surface area contributed by atoms with Gasteiger partial charge in [-0.15, -0.1) is 0 Å². The van der Waals surface area contributed by atoms with Gasteiger partial charge in [0.15, 0.2) is 0 Å². The van der Waals surface area contributed by atoms with Crippen LogP contribution in [0.15, 0.2) is 0 Å². The largest absolute Gasteiger partial charge is 0.395 e. The van der Waals surface area contributed by atoms with E-state index in [9.17, 15) is 4.79 Å². The van der Waals surface area contributed by atoms with Crippen LogP contribution in [0.25, 0.3) is 0 Å². The van der Waals surface area contributed by atoms with Gasteiger partial charge in [0.1, 0.15) is 5.78 Å². The summed E-state index contributed by atoms with van der Waals surface area (Å²) in [7, 11) is 0. The van der Waals surface area contributed by atoms with Crippen LogP contribution in [0.5, 0.6) is 0 Å². The second kappa shape index (κ2) is 2.10. The van der Waals surface area contributed by atoms with Crippen molar-refractivity contribution < 1.29 is 9.90 Å². The van der Waals surface area contributed by atoms with Crippen LogP contribution in [0.1, 0.15) is 26.2 Å². The fourth-order valence-electron chi connectivity index (χ4n) is 1.23. The molecular weight excluding hydrogens is 116 g/mol. The van der Waals surface area contributed by atoms with Gasteiger partial charge in [0.25, 0.3) is 0 Å². The molecule has 1 rings (SSSR count). The van der Waals surface area contributed by atoms with E-state index in [1.807, 2.05) is 6.92 Å². The van der Waals surface area contributed by atoms with E-state index in [2.05, 4.69) is 0 Å². The Balaban J connectivity index is 2.58. The van der Waals surface area contributed by atoms with Gasteiger partial charge in [-0.3, -0.25) is 4.79 Å². The van der Waals surface area contributed by atoms with Gasteiger partial charge >= 0.3 is 0 Å². The van der Waals surface area contributed by atoms with Crippen molar-refractivity contribution >= 4 is 5.78 Å². The highest BCUT2D eigenvalue weighted by molar-refractivity contribution is 5.90. The second-order valence-electron chi connectivity index (χ2n) is 2.72. The Morgan fingerprint density at radius 3 is 2.44 bits per heavy atom. The first-order chi connectivity index (χ1) is 4.25. The van der Waals surface area contributed by atoms with Gasteiger partial charge in [0.2, 0.25) is 0 Å². The van der Waals surface area contributed by atoms with Gasteiger partial charge in [-0.05, 0) is 12.8 Å². The normalized spacial score (nSPS) is 34.2. The van der Waals surface area contributed by atoms with Crippen LogP contribution in [0, 0.1) is 5.41 Å². The number of aliphatic hydroxyl groups is 1. The fraction of sp³-hybridized carbons (Fsp3) is 0.857. The van der Waals surface area contributed by atoms with Crippen molar-refractivity contribution in [1.82, 2.24) is 0 Å². The molecule has 0 amide bonds. The number of rotatable bonds is 2. The van der Waals surface area contributed by atoms with E-state index in [-0.39, 0.29) is 17.8 Å². The van der Waals surface area contributed by atoms with Crippen LogP contribution in [0.3, 0.4) is 0 Å². The first-order valence-electron chi connectivity index (χ1n) is 3.39. The van der Waals surface area contributed by atoms with Gasteiger partial charge in [0, 0.05) is 6.42 Å². The lowest BCUT2D eigenvalue weighted by atomic mass is 9.66. The maximum atomic E-state index is 10.9. The summed E-state index contributed by atoms with van der Waals surface area (Å²) >= 11 is 0. The molecule has 9 heavy (non-hydrogen) atoms. The zero-order valence-electron chi connectivity index (χ0n) is 5.68. The molecule has 1 N–H and O–H groups in total. The van der Waals surface area contributed by atoms with Crippen LogP contribution in [0.4, 0.5) is 0 Å². The molecule has 1 aliphatic rings. The zero-order chi connectivity index (χ0) is 6.91. The van der Waals surface area contributed by atoms with Crippen molar-refractivity contribution in [2.24, 2.45) is 5.41 Å². The summed E-state index contributed by atoms with van der Waals surface area (Å²) in [4.78, 5) is 10.9. The lowest BCUT2D eigenvalue weighted by Crippen LogP contribution is -2.43. The molecule has 1 fully saturated rings. The highest BCUT2D eigenvalue weighted by Crippen LogP contribution is 2.39. The van der Waals surface area contributed by atoms with Crippen molar-refractivity contribution in [2.45, 2.75) is 26.2 Å². The zero-order valence-corrected chi connectivity index (χ0v) is 5.68. The van der Waals surface area contributed by atoms with Crippen molar-refractivity contribution in [1.29, 1.82) is 0 Å². The number of carbonyl (C=O) groups excluding carboxylic acids is 1. The highest BCUT2D eigenvalue weighted by Gasteiger charge is 2.43. The van der Waals surface area contributed by atoms with Gasteiger partial charge < -0.3 is 5.11 Å². The fourth-order valence-corrected chi connectivity index (χ4v) is 1.23. The third-order valence-electron chi connectivity index (χ3n) is 2.40. The topological polar surface area (TPSA) is 37.3 Å². The van der Waals surface area contributed by atoms with Gasteiger partial charge in [0.05, 0.1) is 12.0 Å². The maximum absolute atomic E-state index is 10.9. The Kier molecular flexibility index (Phi) is 1.58. The van der Waals surface area contributed by atoms with Gasteiger partial charge in [-0.2, -0.15) is 0 Å². The summed E-state index contributed by atoms with van der Waals surface area (Å²) in [5.74, 6) is 0.243. The molecule has 1 saturated carbocycles. The summed E-state index contributed by atoms with van der Waals surface area (Å²) in [6.07, 6.45) is 2.36. The lowest BCUT2D eigenvalue weighted by molar-refractivity contribution is -0.141. The van der Waals surface area contributed by atoms with Crippen molar-refractivity contribution in [3.05, 3.63) is 0 Å². The second-order valence-corrected chi connectivity index (χ2v) is 2.72. The number of hydrogen-bond donors (Lipinski definition) is 1. The quantitative estimate of drug-likeness (QED) is 0.595. The molecule has 1 aliphatic carbocycles. The molecule has 0 aromatic rings. The standard InChI is InChI=1S/C7H12O2/c1-2-7(5-8)4-3-6(7)9/h8H,2-5H2,1H3. The van der Waals surface area contributed by atoms with Crippen molar-refractivity contribution in [3.63, 3.8) is 0 Å². The van der Waals surface area contributed by atoms with Crippen molar-refractivity contribution in [3.8, 4) is 0 Å². The molecule has 52 valence electrons. The molecule has 0 radical (unpaired) electrons. The number of carbonyl (C=O) groups is 1. The minimum absolute atomic E-state index is 0.0440. The van der Waals surface area contributed by atoms with E-state index in [4.69, 9.17) is 5.11 Å². The summed E-state index contributed by atoms with van der Waals surface area (Å²) < 4.78 is 0. The first kappa shape index (κ1) is 6.75. The third kappa shape index (κ3) is 0.778. The molecule has 2 heteroatoms. The van der Waals surface area contributed by atoms with E-state index in [0.717, 1.165) is 12.8 Å². The molecule has 0 heterocycles. The average molecular weight is 128 g/mol. The Bertz CT molecular complexity index is 119. The SMILES string of the molecule is CCC1(CO)CCC1=O. The molecule has 0 spiro atoms. The summed E-state index contributed by atoms with van der Waals surface area (Å²) in [6, 6.07) is 0. The van der Waals surface area contributed by atoms with E-state index < -0.39 is 0 Å². The molecule has 0 aliphatic heterocycles. The molecule has 1 unspecified atom stereocenters. The molecule has 0 saturated heterocycles. The van der Waals surface area contributed by atoms with E-state index in [1.165, 1.54) is 0 Å². The van der Waals surface area contributed by atoms with Crippen LogP contribution < -0.4 is 0 Å². The molecule has 0 aromatic carbocycles. The monoisotopic (exact) mass is 128 g/mol. The first-order valence-corrected chi connectivity index (χ1v) is 3.39. The average Bonchev–Trinajstić information content (AvgIpc) is 1.89. The molecular formula is C7H12O2. The Labute approximate surface area is 54.9 Å². The number of ketones is 1. The van der Waals surface area contributed by atoms with Crippen LogP contribution in [-0.4, -0.2) is 17.5 Å². The maximum Gasteiger partial charge on any atom is 0.141 e. The summed E-state index contributed by atoms with van der Waals surface area (Å²) in [6.45, 7) is 2.00. The Morgan fingerprint density at radius 2 is 2.44 bits per heavy atom. The van der Waals surface area contributed by atoms with Crippen LogP contribution in [-0.2, 0) is 4.79 Å². The third-order valence-corrected chi connectivity index (χ3v) is 2.40. The highest BCUT2D eigenvalue weighted by atomic mass is 16.3. The predicted molar refractivity (Wildman–Crippen MR) is 34.1 cm³/mol. The molecule has 0 aromatic heterocycles. The smallest absolute Gasteiger partial charge is 0.141 e. The number of aliphatic hydroxyl groups excluding tert-OH is 1. The van der Waals surface area contributed by atoms with E-state index in [0.29, 0.717) is 6.42 Å². The number of hydrogen-bond acceptors (Lipinski definition) is 2. The minimum atomic E-state index is -0.319. The van der Waals surface area contributed by atoms with E-state index in [1.54, 1.807) is 0 Å². The van der Waals surface area contributed by atoms with E-state index >= 15 is 0 Å². The minimum Gasteiger partial charge on any atom is -0.395 e. The van der Waals surface area contributed by atoms with Gasteiger partial charge in [-0.25, -0.2) is 0 Å².